The number of nitrogens with zero attached hydrogens (tertiary/aromatic N) is 2. The van der Waals surface area contributed by atoms with Crippen LogP contribution in [0.25, 0.3) is 10.1 Å². The van der Waals surface area contributed by atoms with Crippen LogP contribution in [-0.2, 0) is 6.42 Å². The Balaban J connectivity index is 1.63. The molecule has 29 heavy (non-hydrogen) atoms. The van der Waals surface area contributed by atoms with Crippen LogP contribution < -0.4 is 5.32 Å². The molecule has 0 unspecified atom stereocenters. The minimum absolute atomic E-state index is 0.370. The first-order valence-corrected chi connectivity index (χ1v) is 10.8. The van der Waals surface area contributed by atoms with Gasteiger partial charge in [0.25, 0.3) is 0 Å². The average molecular weight is 465 g/mol. The predicted molar refractivity (Wildman–Crippen MR) is 122 cm³/mol. The fourth-order valence-electron chi connectivity index (χ4n) is 3.27. The highest BCUT2D eigenvalue weighted by Crippen LogP contribution is 2.31. The van der Waals surface area contributed by atoms with Crippen molar-refractivity contribution >= 4 is 67.9 Å². The predicted octanol–water partition coefficient (Wildman–Crippen LogP) is 7.35. The Bertz CT molecular complexity index is 1250. The van der Waals surface area contributed by atoms with Crippen LogP contribution in [0.4, 0.5) is 10.5 Å². The number of aromatic nitrogens is 2. The van der Waals surface area contributed by atoms with Gasteiger partial charge in [0.05, 0.1) is 16.4 Å². The summed E-state index contributed by atoms with van der Waals surface area (Å²) in [6.45, 7) is 3.79. The standard InChI is InChI=1S/C21H16Cl3N3OS/c1-11-16(7-13-10-29-20-6-4-14(22)8-17(13)20)12(2)27(26-11)21(28)25-19-5-3-15(23)9-18(19)24/h3-6,8-10H,7H2,1-2H3,(H,25,28). The van der Waals surface area contributed by atoms with Gasteiger partial charge in [0, 0.05) is 32.4 Å². The number of anilines is 1. The second-order valence-corrected chi connectivity index (χ2v) is 8.88. The number of carbonyl (C=O) groups excluding carboxylic acids is 1. The number of aryl methyl sites for hydroxylation is 1. The number of carbonyl (C=O) groups is 1. The Morgan fingerprint density at radius 1 is 1.10 bits per heavy atom. The SMILES string of the molecule is Cc1nn(C(=O)Nc2ccc(Cl)cc2Cl)c(C)c1Cc1csc2ccc(Cl)cc12. The van der Waals surface area contributed by atoms with Crippen molar-refractivity contribution in [3.05, 3.63) is 79.4 Å². The van der Waals surface area contributed by atoms with E-state index >= 15 is 0 Å². The van der Waals surface area contributed by atoms with Crippen molar-refractivity contribution in [2.75, 3.05) is 5.32 Å². The van der Waals surface area contributed by atoms with E-state index in [1.807, 2.05) is 32.0 Å². The van der Waals surface area contributed by atoms with E-state index in [4.69, 9.17) is 34.8 Å². The second kappa shape index (κ2) is 8.00. The number of hydrogen-bond donors (Lipinski definition) is 1. The number of amides is 1. The lowest BCUT2D eigenvalue weighted by Crippen LogP contribution is -2.22. The topological polar surface area (TPSA) is 46.9 Å². The van der Waals surface area contributed by atoms with Crippen molar-refractivity contribution in [2.45, 2.75) is 20.3 Å². The van der Waals surface area contributed by atoms with Crippen LogP contribution >= 0.6 is 46.1 Å². The Labute approximate surface area is 187 Å². The highest BCUT2D eigenvalue weighted by Gasteiger charge is 2.19. The first-order valence-electron chi connectivity index (χ1n) is 8.80. The normalized spacial score (nSPS) is 11.2. The molecule has 4 rings (SSSR count). The van der Waals surface area contributed by atoms with Gasteiger partial charge in [-0.05, 0) is 66.6 Å². The summed E-state index contributed by atoms with van der Waals surface area (Å²) in [5.74, 6) is 0. The molecule has 0 saturated carbocycles. The Kier molecular flexibility index (Phi) is 5.58. The summed E-state index contributed by atoms with van der Waals surface area (Å²) >= 11 is 19.9. The van der Waals surface area contributed by atoms with Crippen molar-refractivity contribution in [1.29, 1.82) is 0 Å². The highest BCUT2D eigenvalue weighted by atomic mass is 35.5. The summed E-state index contributed by atoms with van der Waals surface area (Å²) in [4.78, 5) is 12.8. The minimum Gasteiger partial charge on any atom is -0.305 e. The molecule has 1 amide bonds. The third-order valence-electron chi connectivity index (χ3n) is 4.79. The Hall–Kier alpha value is -2.05. The smallest absolute Gasteiger partial charge is 0.305 e. The first kappa shape index (κ1) is 20.2. The molecule has 4 nitrogen and oxygen atoms in total. The van der Waals surface area contributed by atoms with Crippen LogP contribution in [-0.4, -0.2) is 15.8 Å². The summed E-state index contributed by atoms with van der Waals surface area (Å²) in [7, 11) is 0. The summed E-state index contributed by atoms with van der Waals surface area (Å²) in [6.07, 6.45) is 0.674. The van der Waals surface area contributed by atoms with Crippen LogP contribution in [0.1, 0.15) is 22.5 Å². The lowest BCUT2D eigenvalue weighted by molar-refractivity contribution is 0.250. The minimum atomic E-state index is -0.376. The van der Waals surface area contributed by atoms with Gasteiger partial charge in [-0.3, -0.25) is 0 Å². The maximum Gasteiger partial charge on any atom is 0.346 e. The van der Waals surface area contributed by atoms with Gasteiger partial charge in [0.2, 0.25) is 0 Å². The largest absolute Gasteiger partial charge is 0.346 e. The molecular weight excluding hydrogens is 449 g/mol. The van der Waals surface area contributed by atoms with Crippen molar-refractivity contribution < 1.29 is 4.79 Å². The Morgan fingerprint density at radius 2 is 1.83 bits per heavy atom. The molecule has 1 N–H and O–H groups in total. The van der Waals surface area contributed by atoms with Gasteiger partial charge in [-0.1, -0.05) is 34.8 Å². The molecule has 2 heterocycles. The number of hydrogen-bond acceptors (Lipinski definition) is 3. The number of nitrogens with one attached hydrogen (secondary N) is 1. The molecule has 148 valence electrons. The molecule has 8 heteroatoms. The monoisotopic (exact) mass is 463 g/mol. The molecule has 0 aliphatic heterocycles. The number of thiophene rings is 1. The van der Waals surface area contributed by atoms with E-state index in [9.17, 15) is 4.79 Å². The molecule has 0 atom stereocenters. The molecule has 0 aliphatic carbocycles. The van der Waals surface area contributed by atoms with Gasteiger partial charge in [0.1, 0.15) is 0 Å². The van der Waals surface area contributed by atoms with E-state index in [1.54, 1.807) is 29.5 Å². The molecule has 4 aromatic rings. The van der Waals surface area contributed by atoms with E-state index in [-0.39, 0.29) is 6.03 Å². The molecule has 0 spiro atoms. The third-order valence-corrected chi connectivity index (χ3v) is 6.58. The summed E-state index contributed by atoms with van der Waals surface area (Å²) in [6, 6.07) is 10.4. The van der Waals surface area contributed by atoms with E-state index in [0.717, 1.165) is 22.3 Å². The van der Waals surface area contributed by atoms with Crippen molar-refractivity contribution in [2.24, 2.45) is 0 Å². The van der Waals surface area contributed by atoms with Gasteiger partial charge in [-0.2, -0.15) is 9.78 Å². The first-order chi connectivity index (χ1) is 13.8. The lowest BCUT2D eigenvalue weighted by Gasteiger charge is -2.09. The zero-order chi connectivity index (χ0) is 20.7. The van der Waals surface area contributed by atoms with Crippen LogP contribution in [0, 0.1) is 13.8 Å². The number of rotatable bonds is 3. The zero-order valence-electron chi connectivity index (χ0n) is 15.6. The average Bonchev–Trinajstić information content (AvgIpc) is 3.19. The number of halogens is 3. The molecule has 0 radical (unpaired) electrons. The zero-order valence-corrected chi connectivity index (χ0v) is 18.7. The molecule has 2 aromatic heterocycles. The van der Waals surface area contributed by atoms with Crippen LogP contribution in [0.15, 0.2) is 41.8 Å². The van der Waals surface area contributed by atoms with E-state index < -0.39 is 0 Å². The van der Waals surface area contributed by atoms with E-state index in [1.165, 1.54) is 14.9 Å². The molecular formula is C21H16Cl3N3OS. The lowest BCUT2D eigenvalue weighted by atomic mass is 10.0. The van der Waals surface area contributed by atoms with Crippen LogP contribution in [0.3, 0.4) is 0 Å². The molecule has 0 aliphatic rings. The molecule has 0 fully saturated rings. The highest BCUT2D eigenvalue weighted by molar-refractivity contribution is 7.17. The summed E-state index contributed by atoms with van der Waals surface area (Å²) in [5.41, 5.74) is 4.25. The Morgan fingerprint density at radius 3 is 2.59 bits per heavy atom. The summed E-state index contributed by atoms with van der Waals surface area (Å²) < 4.78 is 2.55. The number of fused-ring (bicyclic) bond motifs is 1. The van der Waals surface area contributed by atoms with Gasteiger partial charge >= 0.3 is 6.03 Å². The fourth-order valence-corrected chi connectivity index (χ4v) is 4.84. The second-order valence-electron chi connectivity index (χ2n) is 6.69. The van der Waals surface area contributed by atoms with Gasteiger partial charge in [-0.25, -0.2) is 4.79 Å². The van der Waals surface area contributed by atoms with E-state index in [0.29, 0.717) is 27.2 Å². The van der Waals surface area contributed by atoms with Crippen molar-refractivity contribution in [1.82, 2.24) is 9.78 Å². The van der Waals surface area contributed by atoms with Crippen molar-refractivity contribution in [3.8, 4) is 0 Å². The quantitative estimate of drug-likeness (QED) is 0.344. The molecule has 2 aromatic carbocycles. The van der Waals surface area contributed by atoms with Gasteiger partial charge in [-0.15, -0.1) is 11.3 Å². The summed E-state index contributed by atoms with van der Waals surface area (Å²) in [5, 5.41) is 12.1. The van der Waals surface area contributed by atoms with Gasteiger partial charge < -0.3 is 5.32 Å². The van der Waals surface area contributed by atoms with Crippen LogP contribution in [0.2, 0.25) is 15.1 Å². The third kappa shape index (κ3) is 4.01. The molecule has 0 saturated heterocycles. The van der Waals surface area contributed by atoms with Crippen LogP contribution in [0.5, 0.6) is 0 Å². The fraction of sp³-hybridized carbons (Fsp3) is 0.143. The molecule has 0 bridgehead atoms. The van der Waals surface area contributed by atoms with Crippen molar-refractivity contribution in [3.63, 3.8) is 0 Å². The number of benzene rings is 2. The maximum atomic E-state index is 12.8. The van der Waals surface area contributed by atoms with Gasteiger partial charge in [0.15, 0.2) is 0 Å². The maximum absolute atomic E-state index is 12.8. The van der Waals surface area contributed by atoms with E-state index in [2.05, 4.69) is 15.8 Å².